The number of aliphatic hydroxyl groups excluding tert-OH is 1. The third kappa shape index (κ3) is 2.61. The molecular formula is C9H12ClN5O3. The Hall–Kier alpha value is -1.64. The van der Waals surface area contributed by atoms with Crippen LogP contribution in [0.4, 0.5) is 5.95 Å². The molecule has 2 aromatic rings. The summed E-state index contributed by atoms with van der Waals surface area (Å²) in [5.41, 5.74) is 5.58. The summed E-state index contributed by atoms with van der Waals surface area (Å²) in [5.74, 6) is 0.0137. The minimum atomic E-state index is -0.471. The lowest BCUT2D eigenvalue weighted by Crippen LogP contribution is -2.16. The summed E-state index contributed by atoms with van der Waals surface area (Å²) in [6.07, 6.45) is 1.43. The topological polar surface area (TPSA) is 119 Å². The van der Waals surface area contributed by atoms with Crippen molar-refractivity contribution in [3.63, 3.8) is 0 Å². The molecule has 0 fully saturated rings. The van der Waals surface area contributed by atoms with Gasteiger partial charge in [0.15, 0.2) is 11.2 Å². The van der Waals surface area contributed by atoms with Crippen molar-refractivity contribution in [1.29, 1.82) is 0 Å². The molecule has 1 unspecified atom stereocenters. The fourth-order valence-electron chi connectivity index (χ4n) is 1.40. The number of ether oxygens (including phenoxy) is 1. The maximum Gasteiger partial charge on any atom is 0.280 e. The first-order chi connectivity index (χ1) is 8.61. The molecule has 1 atom stereocenters. The highest BCUT2D eigenvalue weighted by Crippen LogP contribution is 2.06. The van der Waals surface area contributed by atoms with Crippen molar-refractivity contribution < 1.29 is 9.84 Å². The second-order valence-electron chi connectivity index (χ2n) is 3.62. The third-order valence-electron chi connectivity index (χ3n) is 2.22. The standard InChI is InChI=1S/C9H12ClN5O3/c10-5(1-16)2-18-4-15-3-12-6-7(15)13-9(11)14-8(6)17/h3,5,16H,1-2,4H2,(H3,11,13,14,17). The number of aliphatic hydroxyl groups is 1. The Morgan fingerprint density at radius 2 is 2.44 bits per heavy atom. The molecule has 0 spiro atoms. The van der Waals surface area contributed by atoms with Gasteiger partial charge in [-0.1, -0.05) is 0 Å². The number of H-pyrrole nitrogens is 1. The van der Waals surface area contributed by atoms with Crippen molar-refractivity contribution in [2.24, 2.45) is 0 Å². The zero-order valence-corrected chi connectivity index (χ0v) is 10.1. The molecule has 8 nitrogen and oxygen atoms in total. The first-order valence-electron chi connectivity index (χ1n) is 5.15. The summed E-state index contributed by atoms with van der Waals surface area (Å²) in [6.45, 7) is 0.128. The highest BCUT2D eigenvalue weighted by molar-refractivity contribution is 6.20. The van der Waals surface area contributed by atoms with Crippen LogP contribution in [0.15, 0.2) is 11.1 Å². The molecule has 0 saturated carbocycles. The summed E-state index contributed by atoms with van der Waals surface area (Å²) in [4.78, 5) is 21.7. The largest absolute Gasteiger partial charge is 0.395 e. The van der Waals surface area contributed by atoms with E-state index in [1.165, 1.54) is 10.9 Å². The first-order valence-corrected chi connectivity index (χ1v) is 5.58. The Balaban J connectivity index is 2.17. The smallest absolute Gasteiger partial charge is 0.280 e. The van der Waals surface area contributed by atoms with Crippen LogP contribution in [0.25, 0.3) is 11.2 Å². The van der Waals surface area contributed by atoms with Crippen molar-refractivity contribution in [2.75, 3.05) is 18.9 Å². The fraction of sp³-hybridized carbons (Fsp3) is 0.444. The predicted octanol–water partition coefficient (Wildman–Crippen LogP) is -0.724. The van der Waals surface area contributed by atoms with Crippen LogP contribution in [0, 0.1) is 0 Å². The number of nitrogen functional groups attached to an aromatic ring is 1. The minimum absolute atomic E-state index is 0.0137. The van der Waals surface area contributed by atoms with E-state index in [1.807, 2.05) is 0 Å². The number of rotatable bonds is 5. The molecular weight excluding hydrogens is 262 g/mol. The molecule has 0 radical (unpaired) electrons. The molecule has 0 aliphatic carbocycles. The average molecular weight is 274 g/mol. The van der Waals surface area contributed by atoms with E-state index >= 15 is 0 Å². The number of anilines is 1. The van der Waals surface area contributed by atoms with E-state index in [1.54, 1.807) is 0 Å². The van der Waals surface area contributed by atoms with Gasteiger partial charge in [-0.15, -0.1) is 11.6 Å². The van der Waals surface area contributed by atoms with Crippen molar-refractivity contribution in [3.8, 4) is 0 Å². The molecule has 0 aliphatic rings. The van der Waals surface area contributed by atoms with Crippen LogP contribution in [0.5, 0.6) is 0 Å². The Morgan fingerprint density at radius 3 is 3.17 bits per heavy atom. The Labute approximate surface area is 106 Å². The van der Waals surface area contributed by atoms with Crippen LogP contribution in [0.2, 0.25) is 0 Å². The van der Waals surface area contributed by atoms with Crippen molar-refractivity contribution in [1.82, 2.24) is 19.5 Å². The van der Waals surface area contributed by atoms with Crippen molar-refractivity contribution >= 4 is 28.7 Å². The van der Waals surface area contributed by atoms with Crippen LogP contribution in [-0.2, 0) is 11.5 Å². The highest BCUT2D eigenvalue weighted by atomic mass is 35.5. The number of halogens is 1. The molecule has 0 aromatic carbocycles. The van der Waals surface area contributed by atoms with E-state index in [9.17, 15) is 4.79 Å². The number of nitrogens with one attached hydrogen (secondary N) is 1. The number of alkyl halides is 1. The molecule has 9 heteroatoms. The summed E-state index contributed by atoms with van der Waals surface area (Å²) < 4.78 is 6.79. The number of hydrogen-bond acceptors (Lipinski definition) is 6. The van der Waals surface area contributed by atoms with Gasteiger partial charge in [0.2, 0.25) is 5.95 Å². The fourth-order valence-corrected chi connectivity index (χ4v) is 1.49. The van der Waals surface area contributed by atoms with Crippen LogP contribution in [0.1, 0.15) is 0 Å². The monoisotopic (exact) mass is 273 g/mol. The summed E-state index contributed by atoms with van der Waals surface area (Å²) in [6, 6.07) is 0. The molecule has 4 N–H and O–H groups in total. The van der Waals surface area contributed by atoms with E-state index in [-0.39, 0.29) is 31.4 Å². The zero-order valence-electron chi connectivity index (χ0n) is 9.34. The van der Waals surface area contributed by atoms with Gasteiger partial charge in [-0.05, 0) is 0 Å². The van der Waals surface area contributed by atoms with Crippen LogP contribution >= 0.6 is 11.6 Å². The van der Waals surface area contributed by atoms with Gasteiger partial charge >= 0.3 is 0 Å². The van der Waals surface area contributed by atoms with E-state index in [4.69, 9.17) is 27.2 Å². The van der Waals surface area contributed by atoms with Crippen LogP contribution in [0.3, 0.4) is 0 Å². The SMILES string of the molecule is Nc1nc2c(ncn2COCC(Cl)CO)c(=O)[nH]1. The van der Waals surface area contributed by atoms with Gasteiger partial charge in [0, 0.05) is 0 Å². The number of fused-ring (bicyclic) bond motifs is 1. The molecule has 0 aliphatic heterocycles. The number of aromatic nitrogens is 4. The first kappa shape index (κ1) is 12.8. The van der Waals surface area contributed by atoms with Gasteiger partial charge in [-0.3, -0.25) is 14.3 Å². The molecule has 18 heavy (non-hydrogen) atoms. The van der Waals surface area contributed by atoms with Gasteiger partial charge < -0.3 is 15.6 Å². The second-order valence-corrected chi connectivity index (χ2v) is 4.23. The number of nitrogens with zero attached hydrogens (tertiary/aromatic N) is 3. The summed E-state index contributed by atoms with van der Waals surface area (Å²) >= 11 is 5.68. The molecule has 0 bridgehead atoms. The molecule has 0 amide bonds. The van der Waals surface area contributed by atoms with Gasteiger partial charge in [0.05, 0.1) is 24.9 Å². The predicted molar refractivity (Wildman–Crippen MR) is 65.2 cm³/mol. The maximum absolute atomic E-state index is 11.5. The molecule has 98 valence electrons. The molecule has 0 saturated heterocycles. The van der Waals surface area contributed by atoms with E-state index in [0.29, 0.717) is 5.65 Å². The van der Waals surface area contributed by atoms with Gasteiger partial charge in [-0.2, -0.15) is 4.98 Å². The Bertz CT molecular complexity index is 595. The van der Waals surface area contributed by atoms with Crippen molar-refractivity contribution in [3.05, 3.63) is 16.7 Å². The quantitative estimate of drug-likeness (QED) is 0.618. The Kier molecular flexibility index (Phi) is 3.80. The number of nitrogens with two attached hydrogens (primary N) is 1. The lowest BCUT2D eigenvalue weighted by Gasteiger charge is -2.08. The van der Waals surface area contributed by atoms with E-state index in [2.05, 4.69) is 15.0 Å². The van der Waals surface area contributed by atoms with Crippen LogP contribution in [-0.4, -0.2) is 43.2 Å². The number of aromatic amines is 1. The maximum atomic E-state index is 11.5. The third-order valence-corrected chi connectivity index (χ3v) is 2.48. The average Bonchev–Trinajstić information content (AvgIpc) is 2.72. The van der Waals surface area contributed by atoms with Gasteiger partial charge in [-0.25, -0.2) is 4.98 Å². The molecule has 2 heterocycles. The summed E-state index contributed by atoms with van der Waals surface area (Å²) in [7, 11) is 0. The summed E-state index contributed by atoms with van der Waals surface area (Å²) in [5, 5.41) is 8.26. The zero-order chi connectivity index (χ0) is 13.1. The van der Waals surface area contributed by atoms with Crippen LogP contribution < -0.4 is 11.3 Å². The van der Waals surface area contributed by atoms with Crippen molar-refractivity contribution in [2.45, 2.75) is 12.1 Å². The van der Waals surface area contributed by atoms with Gasteiger partial charge in [0.25, 0.3) is 5.56 Å². The molecule has 2 rings (SSSR count). The number of hydrogen-bond donors (Lipinski definition) is 3. The normalized spacial score (nSPS) is 13.0. The highest BCUT2D eigenvalue weighted by Gasteiger charge is 2.09. The van der Waals surface area contributed by atoms with E-state index < -0.39 is 10.9 Å². The second kappa shape index (κ2) is 5.34. The Morgan fingerprint density at radius 1 is 1.67 bits per heavy atom. The lowest BCUT2D eigenvalue weighted by molar-refractivity contribution is 0.0700. The van der Waals surface area contributed by atoms with E-state index in [0.717, 1.165) is 0 Å². The number of imidazole rings is 1. The minimum Gasteiger partial charge on any atom is -0.395 e. The molecule has 2 aromatic heterocycles. The van der Waals surface area contributed by atoms with Gasteiger partial charge in [0.1, 0.15) is 6.73 Å². The lowest BCUT2D eigenvalue weighted by atomic mass is 10.5.